The second-order valence-electron chi connectivity index (χ2n) is 5.80. The van der Waals surface area contributed by atoms with E-state index in [0.717, 1.165) is 24.9 Å². The minimum absolute atomic E-state index is 0. The fourth-order valence-electron chi connectivity index (χ4n) is 2.49. The van der Waals surface area contributed by atoms with Crippen molar-refractivity contribution in [3.63, 3.8) is 0 Å². The van der Waals surface area contributed by atoms with Gasteiger partial charge in [-0.3, -0.25) is 4.99 Å². The highest BCUT2D eigenvalue weighted by molar-refractivity contribution is 14.0. The van der Waals surface area contributed by atoms with E-state index in [1.807, 2.05) is 24.3 Å². The second kappa shape index (κ2) is 11.9. The van der Waals surface area contributed by atoms with Crippen LogP contribution in [0.2, 0.25) is 0 Å². The first-order valence-corrected chi connectivity index (χ1v) is 10.0. The van der Waals surface area contributed by atoms with Crippen LogP contribution in [0.25, 0.3) is 0 Å². The van der Waals surface area contributed by atoms with Gasteiger partial charge < -0.3 is 10.6 Å². The Kier molecular flexibility index (Phi) is 10.3. The third-order valence-electron chi connectivity index (χ3n) is 3.94. The van der Waals surface area contributed by atoms with E-state index in [1.165, 1.54) is 12.6 Å². The smallest absolute Gasteiger partial charge is 0.240 e. The molecule has 0 amide bonds. The monoisotopic (exact) mass is 502 g/mol. The lowest BCUT2D eigenvalue weighted by Crippen LogP contribution is -2.37. The maximum Gasteiger partial charge on any atom is 0.240 e. The van der Waals surface area contributed by atoms with Gasteiger partial charge in [-0.1, -0.05) is 42.5 Å². The minimum atomic E-state index is -3.43. The molecule has 0 aliphatic carbocycles. The highest BCUT2D eigenvalue weighted by Crippen LogP contribution is 2.10. The van der Waals surface area contributed by atoms with Gasteiger partial charge in [0.15, 0.2) is 5.96 Å². The molecule has 0 aliphatic rings. The van der Waals surface area contributed by atoms with Crippen molar-refractivity contribution in [1.29, 1.82) is 0 Å². The molecule has 2 aromatic rings. The van der Waals surface area contributed by atoms with Gasteiger partial charge in [0.05, 0.1) is 4.90 Å². The van der Waals surface area contributed by atoms with Gasteiger partial charge in [0.25, 0.3) is 0 Å². The van der Waals surface area contributed by atoms with Gasteiger partial charge in [0.1, 0.15) is 0 Å². The maximum absolute atomic E-state index is 11.9. The number of rotatable bonds is 8. The van der Waals surface area contributed by atoms with Crippen LogP contribution in [-0.2, 0) is 23.0 Å². The topological polar surface area (TPSA) is 82.6 Å². The molecule has 2 aromatic carbocycles. The Bertz CT molecular complexity index is 827. The highest BCUT2D eigenvalue weighted by Gasteiger charge is 2.11. The van der Waals surface area contributed by atoms with Gasteiger partial charge in [-0.2, -0.15) is 0 Å². The predicted octanol–water partition coefficient (Wildman–Crippen LogP) is 2.51. The Morgan fingerprint density at radius 3 is 2.37 bits per heavy atom. The van der Waals surface area contributed by atoms with Crippen molar-refractivity contribution in [3.8, 4) is 0 Å². The van der Waals surface area contributed by atoms with Crippen molar-refractivity contribution in [2.45, 2.75) is 24.3 Å². The Morgan fingerprint density at radius 2 is 1.70 bits per heavy atom. The zero-order valence-electron chi connectivity index (χ0n) is 15.6. The Balaban J connectivity index is 0.00000364. The van der Waals surface area contributed by atoms with Crippen molar-refractivity contribution < 1.29 is 8.42 Å². The molecule has 8 heteroatoms. The highest BCUT2D eigenvalue weighted by atomic mass is 127. The standard InChI is InChI=1S/C19H26N4O2S.HI/c1-20-19(22-13-7-11-16-8-4-3-5-9-16)23-15-17-10-6-12-18(14-17)26(24,25)21-2;/h3-6,8-10,12,14,21H,7,11,13,15H2,1-2H3,(H2,20,22,23);1H. The first-order chi connectivity index (χ1) is 12.5. The summed E-state index contributed by atoms with van der Waals surface area (Å²) < 4.78 is 26.1. The molecule has 3 N–H and O–H groups in total. The van der Waals surface area contributed by atoms with Crippen LogP contribution in [0, 0.1) is 0 Å². The molecule has 0 fully saturated rings. The molecular weight excluding hydrogens is 475 g/mol. The van der Waals surface area contributed by atoms with Crippen LogP contribution in [0.1, 0.15) is 17.5 Å². The van der Waals surface area contributed by atoms with Crippen LogP contribution in [0.3, 0.4) is 0 Å². The van der Waals surface area contributed by atoms with Crippen molar-refractivity contribution >= 4 is 40.0 Å². The van der Waals surface area contributed by atoms with Crippen LogP contribution in [0.15, 0.2) is 64.5 Å². The summed E-state index contributed by atoms with van der Waals surface area (Å²) in [5, 5.41) is 6.48. The van der Waals surface area contributed by atoms with Crippen molar-refractivity contribution in [2.75, 3.05) is 20.6 Å². The quantitative estimate of drug-likeness (QED) is 0.224. The van der Waals surface area contributed by atoms with Crippen molar-refractivity contribution in [1.82, 2.24) is 15.4 Å². The molecule has 148 valence electrons. The summed E-state index contributed by atoms with van der Waals surface area (Å²) in [6, 6.07) is 17.2. The molecule has 0 bridgehead atoms. The van der Waals surface area contributed by atoms with Gasteiger partial charge in [0.2, 0.25) is 10.0 Å². The average Bonchev–Trinajstić information content (AvgIpc) is 2.68. The molecule has 0 atom stereocenters. The van der Waals surface area contributed by atoms with Crippen molar-refractivity contribution in [2.24, 2.45) is 4.99 Å². The fourth-order valence-corrected chi connectivity index (χ4v) is 3.29. The van der Waals surface area contributed by atoms with E-state index in [9.17, 15) is 8.42 Å². The number of benzene rings is 2. The molecule has 0 aliphatic heterocycles. The second-order valence-corrected chi connectivity index (χ2v) is 7.68. The zero-order valence-corrected chi connectivity index (χ0v) is 18.8. The van der Waals surface area contributed by atoms with E-state index in [4.69, 9.17) is 0 Å². The van der Waals surface area contributed by atoms with Crippen LogP contribution in [-0.4, -0.2) is 35.0 Å². The number of hydrogen-bond donors (Lipinski definition) is 3. The normalized spacial score (nSPS) is 11.6. The SMILES string of the molecule is CN=C(NCCCc1ccccc1)NCc1cccc(S(=O)(=O)NC)c1.I. The number of sulfonamides is 1. The molecule has 0 unspecified atom stereocenters. The number of nitrogens with one attached hydrogen (secondary N) is 3. The van der Waals surface area contributed by atoms with E-state index in [-0.39, 0.29) is 28.9 Å². The van der Waals surface area contributed by atoms with Gasteiger partial charge in [-0.05, 0) is 43.1 Å². The van der Waals surface area contributed by atoms with Gasteiger partial charge in [-0.15, -0.1) is 24.0 Å². The molecule has 2 rings (SSSR count). The molecule has 0 radical (unpaired) electrons. The summed E-state index contributed by atoms with van der Waals surface area (Å²) in [6.45, 7) is 1.30. The Morgan fingerprint density at radius 1 is 1.00 bits per heavy atom. The predicted molar refractivity (Wildman–Crippen MR) is 121 cm³/mol. The molecule has 0 spiro atoms. The van der Waals surface area contributed by atoms with E-state index in [0.29, 0.717) is 12.5 Å². The van der Waals surface area contributed by atoms with Crippen LogP contribution in [0.5, 0.6) is 0 Å². The van der Waals surface area contributed by atoms with Gasteiger partial charge >= 0.3 is 0 Å². The van der Waals surface area contributed by atoms with Crippen LogP contribution >= 0.6 is 24.0 Å². The molecule has 0 saturated heterocycles. The maximum atomic E-state index is 11.9. The van der Waals surface area contributed by atoms with Gasteiger partial charge in [0, 0.05) is 20.1 Å². The van der Waals surface area contributed by atoms with Crippen molar-refractivity contribution in [3.05, 3.63) is 65.7 Å². The molecule has 0 aromatic heterocycles. The molecule has 6 nitrogen and oxygen atoms in total. The number of nitrogens with zero attached hydrogens (tertiary/aromatic N) is 1. The number of hydrogen-bond acceptors (Lipinski definition) is 3. The summed E-state index contributed by atoms with van der Waals surface area (Å²) in [5.41, 5.74) is 2.19. The Hall–Kier alpha value is -1.65. The first kappa shape index (κ1) is 23.4. The van der Waals surface area contributed by atoms with Crippen LogP contribution in [0.4, 0.5) is 0 Å². The number of guanidine groups is 1. The number of aliphatic imine (C=N–C) groups is 1. The van der Waals surface area contributed by atoms with E-state index < -0.39 is 10.0 Å². The summed E-state index contributed by atoms with van der Waals surface area (Å²) in [5.74, 6) is 0.694. The average molecular weight is 502 g/mol. The lowest BCUT2D eigenvalue weighted by atomic mass is 10.1. The largest absolute Gasteiger partial charge is 0.356 e. The van der Waals surface area contributed by atoms with E-state index in [1.54, 1.807) is 25.2 Å². The van der Waals surface area contributed by atoms with E-state index in [2.05, 4.69) is 32.5 Å². The zero-order chi connectivity index (χ0) is 18.8. The third kappa shape index (κ3) is 7.86. The van der Waals surface area contributed by atoms with E-state index >= 15 is 0 Å². The fraction of sp³-hybridized carbons (Fsp3) is 0.316. The molecule has 27 heavy (non-hydrogen) atoms. The summed E-state index contributed by atoms with van der Waals surface area (Å²) >= 11 is 0. The molecule has 0 heterocycles. The lowest BCUT2D eigenvalue weighted by Gasteiger charge is -2.12. The molecule has 0 saturated carbocycles. The van der Waals surface area contributed by atoms with Gasteiger partial charge in [-0.25, -0.2) is 13.1 Å². The summed E-state index contributed by atoms with van der Waals surface area (Å²) in [7, 11) is -0.311. The summed E-state index contributed by atoms with van der Waals surface area (Å²) in [6.07, 6.45) is 2.01. The first-order valence-electron chi connectivity index (χ1n) is 8.56. The minimum Gasteiger partial charge on any atom is -0.356 e. The lowest BCUT2D eigenvalue weighted by molar-refractivity contribution is 0.588. The molecular formula is C19H27IN4O2S. The Labute approximate surface area is 178 Å². The third-order valence-corrected chi connectivity index (χ3v) is 5.35. The number of aryl methyl sites for hydroxylation is 1. The number of halogens is 1. The summed E-state index contributed by atoms with van der Waals surface area (Å²) in [4.78, 5) is 4.45. The van der Waals surface area contributed by atoms with Crippen LogP contribution < -0.4 is 15.4 Å².